The van der Waals surface area contributed by atoms with Crippen molar-refractivity contribution < 1.29 is 37.3 Å². The normalized spacial score (nSPS) is 11.8. The van der Waals surface area contributed by atoms with E-state index in [-0.39, 0.29) is 11.9 Å². The molecule has 0 spiro atoms. The lowest BCUT2D eigenvalue weighted by molar-refractivity contribution is -0.192. The van der Waals surface area contributed by atoms with Gasteiger partial charge in [0.15, 0.2) is 5.96 Å². The highest BCUT2D eigenvalue weighted by Gasteiger charge is 2.38. The Balaban J connectivity index is 0.00000141. The summed E-state index contributed by atoms with van der Waals surface area (Å²) in [7, 11) is 1.69. The first-order valence-corrected chi connectivity index (χ1v) is 16.1. The first kappa shape index (κ1) is 41.3. The van der Waals surface area contributed by atoms with E-state index in [0.29, 0.717) is 38.6 Å². The van der Waals surface area contributed by atoms with Gasteiger partial charge in [0.25, 0.3) is 0 Å². The van der Waals surface area contributed by atoms with Crippen LogP contribution in [0.3, 0.4) is 0 Å². The largest absolute Gasteiger partial charge is 0.493 e. The zero-order chi connectivity index (χ0) is 35.2. The molecule has 0 aliphatic rings. The van der Waals surface area contributed by atoms with Crippen molar-refractivity contribution in [1.82, 2.24) is 20.9 Å². The fraction of sp³-hybridized carbons (Fsp3) is 0.559. The van der Waals surface area contributed by atoms with Crippen LogP contribution in [0.2, 0.25) is 0 Å². The lowest BCUT2D eigenvalue weighted by atomic mass is 9.99. The lowest BCUT2D eigenvalue weighted by Crippen LogP contribution is -2.40. The summed E-state index contributed by atoms with van der Waals surface area (Å²) in [6.07, 6.45) is -1.41. The predicted molar refractivity (Wildman–Crippen MR) is 179 cm³/mol. The zero-order valence-electron chi connectivity index (χ0n) is 28.3. The van der Waals surface area contributed by atoms with E-state index in [2.05, 4.69) is 84.9 Å². The van der Waals surface area contributed by atoms with E-state index in [1.807, 2.05) is 6.07 Å². The van der Waals surface area contributed by atoms with Crippen molar-refractivity contribution in [2.24, 2.45) is 0 Å². The molecule has 0 saturated heterocycles. The number of carboxylic acid groups (broad SMARTS) is 1. The minimum absolute atomic E-state index is 0.0629. The number of nitrogens with zero attached hydrogens (tertiary/aromatic N) is 1. The number of hydrogen-bond acceptors (Lipinski definition) is 7. The number of amides is 1. The Bertz CT molecular complexity index is 1210. The Morgan fingerprint density at radius 1 is 1.00 bits per heavy atom. The maximum Gasteiger partial charge on any atom is 0.490 e. The maximum absolute atomic E-state index is 12.3. The van der Waals surface area contributed by atoms with Gasteiger partial charge in [-0.3, -0.25) is 15.5 Å². The lowest BCUT2D eigenvalue weighted by Gasteiger charge is -2.23. The van der Waals surface area contributed by atoms with Gasteiger partial charge >= 0.3 is 12.1 Å². The first-order chi connectivity index (χ1) is 22.3. The Kier molecular flexibility index (Phi) is 20.0. The van der Waals surface area contributed by atoms with Gasteiger partial charge in [0, 0.05) is 57.8 Å². The van der Waals surface area contributed by atoms with E-state index in [9.17, 15) is 18.0 Å². The Labute approximate surface area is 276 Å². The second-order valence-electron chi connectivity index (χ2n) is 11.0. The first-order valence-electron chi connectivity index (χ1n) is 16.1. The van der Waals surface area contributed by atoms with Crippen LogP contribution in [-0.2, 0) is 27.3 Å². The molecule has 0 fully saturated rings. The molecule has 0 radical (unpaired) electrons. The highest BCUT2D eigenvalue weighted by atomic mass is 19.4. The quantitative estimate of drug-likeness (QED) is 0.0743. The van der Waals surface area contributed by atoms with Crippen LogP contribution in [0.1, 0.15) is 64.5 Å². The van der Waals surface area contributed by atoms with Crippen molar-refractivity contribution in [3.63, 3.8) is 0 Å². The zero-order valence-corrected chi connectivity index (χ0v) is 28.3. The number of carbonyl (C=O) groups excluding carboxylic acids is 1. The van der Waals surface area contributed by atoms with Gasteiger partial charge < -0.3 is 30.1 Å². The molecule has 13 heteroatoms. The number of carboxylic acids is 1. The van der Waals surface area contributed by atoms with Crippen molar-refractivity contribution >= 4 is 17.8 Å². The fourth-order valence-corrected chi connectivity index (χ4v) is 4.39. The summed E-state index contributed by atoms with van der Waals surface area (Å²) < 4.78 is 43.1. The van der Waals surface area contributed by atoms with Crippen LogP contribution < -0.4 is 20.7 Å². The van der Waals surface area contributed by atoms with Gasteiger partial charge in [0.1, 0.15) is 5.75 Å². The SMILES string of the molecule is CCCCNC(=N)NC(=O)CCc1ccc(-c2ccc(CNC(C)CN(CC)CC)cc2)c(OCCCOC)c1.O=C(O)C(F)(F)F. The van der Waals surface area contributed by atoms with Gasteiger partial charge in [-0.1, -0.05) is 63.6 Å². The number of hydrogen-bond donors (Lipinski definition) is 5. The van der Waals surface area contributed by atoms with Crippen molar-refractivity contribution in [3.05, 3.63) is 53.6 Å². The van der Waals surface area contributed by atoms with E-state index in [4.69, 9.17) is 24.8 Å². The number of benzene rings is 2. The van der Waals surface area contributed by atoms with Crippen LogP contribution in [0.25, 0.3) is 11.1 Å². The Morgan fingerprint density at radius 3 is 2.21 bits per heavy atom. The molecular weight excluding hydrogens is 615 g/mol. The van der Waals surface area contributed by atoms with Crippen LogP contribution in [0.5, 0.6) is 5.75 Å². The van der Waals surface area contributed by atoms with E-state index in [0.717, 1.165) is 67.9 Å². The molecule has 2 rings (SSSR count). The summed E-state index contributed by atoms with van der Waals surface area (Å²) in [4.78, 5) is 23.7. The van der Waals surface area contributed by atoms with Crippen molar-refractivity contribution in [3.8, 4) is 16.9 Å². The Morgan fingerprint density at radius 2 is 1.64 bits per heavy atom. The number of guanidine groups is 1. The average molecular weight is 668 g/mol. The van der Waals surface area contributed by atoms with Crippen LogP contribution in [0.15, 0.2) is 42.5 Å². The summed E-state index contributed by atoms with van der Waals surface area (Å²) in [6, 6.07) is 15.2. The molecule has 264 valence electrons. The third kappa shape index (κ3) is 17.7. The molecule has 10 nitrogen and oxygen atoms in total. The molecule has 0 bridgehead atoms. The van der Waals surface area contributed by atoms with Gasteiger partial charge in [-0.05, 0) is 55.6 Å². The van der Waals surface area contributed by atoms with E-state index >= 15 is 0 Å². The number of unbranched alkanes of at least 4 members (excludes halogenated alkanes) is 1. The summed E-state index contributed by atoms with van der Waals surface area (Å²) in [5.41, 5.74) is 4.39. The number of aryl methyl sites for hydroxylation is 1. The minimum atomic E-state index is -5.08. The number of alkyl halides is 3. The molecule has 0 aliphatic heterocycles. The number of methoxy groups -OCH3 is 1. The van der Waals surface area contributed by atoms with Crippen LogP contribution in [0, 0.1) is 5.41 Å². The molecule has 47 heavy (non-hydrogen) atoms. The number of ether oxygens (including phenoxy) is 2. The third-order valence-electron chi connectivity index (χ3n) is 7.12. The molecule has 1 atom stereocenters. The molecular formula is C34H52F3N5O5. The summed E-state index contributed by atoms with van der Waals surface area (Å²) in [6.45, 7) is 14.6. The molecule has 2 aromatic rings. The minimum Gasteiger partial charge on any atom is -0.493 e. The van der Waals surface area contributed by atoms with Crippen molar-refractivity contribution in [2.75, 3.05) is 46.5 Å². The monoisotopic (exact) mass is 667 g/mol. The summed E-state index contributed by atoms with van der Waals surface area (Å²) in [5.74, 6) is -2.06. The van der Waals surface area contributed by atoms with E-state index in [1.165, 1.54) is 5.56 Å². The van der Waals surface area contributed by atoms with Crippen LogP contribution >= 0.6 is 0 Å². The highest BCUT2D eigenvalue weighted by molar-refractivity contribution is 5.95. The van der Waals surface area contributed by atoms with E-state index in [1.54, 1.807) is 7.11 Å². The standard InChI is InChI=1S/C32H51N5O3.C2HF3O2/c1-6-9-19-34-32(33)36-31(38)18-14-26-13-17-29(30(22-26)40-21-10-20-39-5)28-15-11-27(12-16-28)23-35-25(4)24-37(7-2)8-3;3-2(4,5)1(6)7/h11-13,15-17,22,25,35H,6-10,14,18-21,23-24H2,1-5H3,(H3,33,34,36,38);(H,6,7). The number of halogens is 3. The summed E-state index contributed by atoms with van der Waals surface area (Å²) >= 11 is 0. The van der Waals surface area contributed by atoms with Crippen molar-refractivity contribution in [1.29, 1.82) is 5.41 Å². The van der Waals surface area contributed by atoms with Gasteiger partial charge in [0.2, 0.25) is 5.91 Å². The smallest absolute Gasteiger partial charge is 0.490 e. The van der Waals surface area contributed by atoms with Gasteiger partial charge in [-0.2, -0.15) is 13.2 Å². The molecule has 0 saturated carbocycles. The molecule has 1 amide bonds. The number of likely N-dealkylation sites (N-methyl/N-ethyl adjacent to an activating group) is 1. The second-order valence-corrected chi connectivity index (χ2v) is 11.0. The molecule has 0 aromatic heterocycles. The molecule has 0 heterocycles. The number of aliphatic carboxylic acids is 1. The van der Waals surface area contributed by atoms with Crippen LogP contribution in [0.4, 0.5) is 13.2 Å². The fourth-order valence-electron chi connectivity index (χ4n) is 4.39. The van der Waals surface area contributed by atoms with Gasteiger partial charge in [-0.15, -0.1) is 0 Å². The topological polar surface area (TPSA) is 136 Å². The molecule has 2 aromatic carbocycles. The molecule has 0 aliphatic carbocycles. The molecule has 5 N–H and O–H groups in total. The van der Waals surface area contributed by atoms with Crippen LogP contribution in [-0.4, -0.2) is 86.6 Å². The van der Waals surface area contributed by atoms with Crippen molar-refractivity contribution in [2.45, 2.75) is 78.6 Å². The maximum atomic E-state index is 12.3. The number of carbonyl (C=O) groups is 2. The van der Waals surface area contributed by atoms with Gasteiger partial charge in [-0.25, -0.2) is 4.79 Å². The Hall–Kier alpha value is -3.68. The predicted octanol–water partition coefficient (Wildman–Crippen LogP) is 5.60. The summed E-state index contributed by atoms with van der Waals surface area (Å²) in [5, 5.41) is 24.2. The third-order valence-corrected chi connectivity index (χ3v) is 7.12. The van der Waals surface area contributed by atoms with Gasteiger partial charge in [0.05, 0.1) is 6.61 Å². The average Bonchev–Trinajstić information content (AvgIpc) is 3.04. The molecule has 1 unspecified atom stereocenters. The number of rotatable bonds is 19. The van der Waals surface area contributed by atoms with E-state index < -0.39 is 12.1 Å². The highest BCUT2D eigenvalue weighted by Crippen LogP contribution is 2.32. The second kappa shape index (κ2) is 22.8. The number of nitrogens with one attached hydrogen (secondary N) is 4.